The number of aliphatic hydroxyl groups excluding tert-OH is 1. The fraction of sp³-hybridized carbons (Fsp3) is 0.407. The van der Waals surface area contributed by atoms with Gasteiger partial charge in [0.1, 0.15) is 11.5 Å². The molecule has 3 rings (SSSR count). The van der Waals surface area contributed by atoms with Gasteiger partial charge in [0, 0.05) is 13.2 Å². The molecular formula is C27H33NO5. The molecule has 1 amide bonds. The second-order valence-corrected chi connectivity index (χ2v) is 8.78. The predicted octanol–water partition coefficient (Wildman–Crippen LogP) is 4.86. The summed E-state index contributed by atoms with van der Waals surface area (Å²) in [5.41, 5.74) is 4.00. The van der Waals surface area contributed by atoms with Crippen molar-refractivity contribution in [3.05, 3.63) is 69.8 Å². The number of hydrogen-bond acceptors (Lipinski definition) is 5. The molecule has 1 heterocycles. The lowest BCUT2D eigenvalue weighted by atomic mass is 9.91. The quantitative estimate of drug-likeness (QED) is 0.269. The van der Waals surface area contributed by atoms with Crippen molar-refractivity contribution < 1.29 is 24.2 Å². The van der Waals surface area contributed by atoms with Crippen LogP contribution in [0.2, 0.25) is 0 Å². The summed E-state index contributed by atoms with van der Waals surface area (Å²) < 4.78 is 11.2. The molecule has 2 aromatic rings. The molecule has 176 valence electrons. The van der Waals surface area contributed by atoms with E-state index in [0.29, 0.717) is 30.9 Å². The lowest BCUT2D eigenvalue weighted by molar-refractivity contribution is -0.140. The minimum atomic E-state index is -0.688. The monoisotopic (exact) mass is 451 g/mol. The van der Waals surface area contributed by atoms with E-state index in [9.17, 15) is 14.7 Å². The van der Waals surface area contributed by atoms with Gasteiger partial charge < -0.3 is 19.5 Å². The van der Waals surface area contributed by atoms with Gasteiger partial charge in [0.05, 0.1) is 30.4 Å². The van der Waals surface area contributed by atoms with Crippen molar-refractivity contribution in [3.63, 3.8) is 0 Å². The van der Waals surface area contributed by atoms with E-state index in [4.69, 9.17) is 9.47 Å². The Labute approximate surface area is 195 Å². The number of rotatable bonds is 8. The first-order valence-corrected chi connectivity index (χ1v) is 11.3. The first-order chi connectivity index (χ1) is 15.7. The van der Waals surface area contributed by atoms with Crippen molar-refractivity contribution >= 4 is 17.4 Å². The zero-order chi connectivity index (χ0) is 24.3. The Bertz CT molecular complexity index is 1090. The molecule has 1 saturated heterocycles. The van der Waals surface area contributed by atoms with Gasteiger partial charge in [0.25, 0.3) is 11.7 Å². The maximum Gasteiger partial charge on any atom is 0.295 e. The third-order valence-corrected chi connectivity index (χ3v) is 5.90. The van der Waals surface area contributed by atoms with Crippen LogP contribution in [0.4, 0.5) is 0 Å². The average molecular weight is 452 g/mol. The van der Waals surface area contributed by atoms with Crippen molar-refractivity contribution in [2.45, 2.75) is 53.2 Å². The van der Waals surface area contributed by atoms with Gasteiger partial charge >= 0.3 is 0 Å². The number of hydrogen-bond donors (Lipinski definition) is 1. The summed E-state index contributed by atoms with van der Waals surface area (Å²) in [7, 11) is 1.53. The Kier molecular flexibility index (Phi) is 7.59. The Morgan fingerprint density at radius 2 is 1.79 bits per heavy atom. The SMILES string of the molecule is COc1c(C)cc(C)cc1/C(O)=C1\C(=O)C(=O)N(CCCOC(C)C)C1c1ccccc1C. The highest BCUT2D eigenvalue weighted by molar-refractivity contribution is 6.46. The summed E-state index contributed by atoms with van der Waals surface area (Å²) in [5, 5.41) is 11.4. The number of ketones is 1. The molecule has 6 nitrogen and oxygen atoms in total. The van der Waals surface area contributed by atoms with Crippen LogP contribution >= 0.6 is 0 Å². The van der Waals surface area contributed by atoms with Gasteiger partial charge in [0.2, 0.25) is 0 Å². The van der Waals surface area contributed by atoms with E-state index in [0.717, 1.165) is 22.3 Å². The molecule has 33 heavy (non-hydrogen) atoms. The normalized spacial score (nSPS) is 17.8. The lowest BCUT2D eigenvalue weighted by Gasteiger charge is -2.27. The molecule has 2 aromatic carbocycles. The zero-order valence-corrected chi connectivity index (χ0v) is 20.3. The molecular weight excluding hydrogens is 418 g/mol. The summed E-state index contributed by atoms with van der Waals surface area (Å²) >= 11 is 0. The van der Waals surface area contributed by atoms with Gasteiger partial charge in [-0.15, -0.1) is 0 Å². The Balaban J connectivity index is 2.16. The molecule has 0 aliphatic carbocycles. The highest BCUT2D eigenvalue weighted by atomic mass is 16.5. The van der Waals surface area contributed by atoms with Gasteiger partial charge in [0.15, 0.2) is 0 Å². The number of aryl methyl sites for hydroxylation is 3. The van der Waals surface area contributed by atoms with Crippen LogP contribution < -0.4 is 4.74 Å². The van der Waals surface area contributed by atoms with Crippen LogP contribution in [0.5, 0.6) is 5.75 Å². The van der Waals surface area contributed by atoms with Crippen molar-refractivity contribution in [2.75, 3.05) is 20.3 Å². The van der Waals surface area contributed by atoms with Crippen LogP contribution in [-0.4, -0.2) is 48.1 Å². The summed E-state index contributed by atoms with van der Waals surface area (Å²) in [5.74, 6) is -1.03. The van der Waals surface area contributed by atoms with Gasteiger partial charge in [-0.1, -0.05) is 30.3 Å². The van der Waals surface area contributed by atoms with Gasteiger partial charge in [-0.25, -0.2) is 0 Å². The van der Waals surface area contributed by atoms with E-state index in [1.54, 1.807) is 11.0 Å². The van der Waals surface area contributed by atoms with Crippen molar-refractivity contribution in [1.82, 2.24) is 4.90 Å². The number of nitrogens with zero attached hydrogens (tertiary/aromatic N) is 1. The Morgan fingerprint density at radius 3 is 2.42 bits per heavy atom. The molecule has 1 aliphatic rings. The number of Topliss-reactive ketones (excluding diaryl/α,β-unsaturated/α-hetero) is 1. The molecule has 0 spiro atoms. The first kappa shape index (κ1) is 24.5. The molecule has 0 bridgehead atoms. The average Bonchev–Trinajstić information content (AvgIpc) is 3.00. The smallest absolute Gasteiger partial charge is 0.295 e. The largest absolute Gasteiger partial charge is 0.507 e. The highest BCUT2D eigenvalue weighted by Gasteiger charge is 2.46. The maximum atomic E-state index is 13.3. The number of aliphatic hydroxyl groups is 1. The first-order valence-electron chi connectivity index (χ1n) is 11.3. The van der Waals surface area contributed by atoms with Crippen LogP contribution in [-0.2, 0) is 14.3 Å². The van der Waals surface area contributed by atoms with E-state index in [1.165, 1.54) is 7.11 Å². The molecule has 1 aliphatic heterocycles. The number of likely N-dealkylation sites (tertiary alicyclic amines) is 1. The zero-order valence-electron chi connectivity index (χ0n) is 20.3. The lowest BCUT2D eigenvalue weighted by Crippen LogP contribution is -2.31. The van der Waals surface area contributed by atoms with Gasteiger partial charge in [-0.3, -0.25) is 9.59 Å². The third-order valence-electron chi connectivity index (χ3n) is 5.90. The molecule has 0 saturated carbocycles. The Hall–Kier alpha value is -3.12. The van der Waals surface area contributed by atoms with E-state index in [2.05, 4.69) is 0 Å². The van der Waals surface area contributed by atoms with Crippen LogP contribution in [0, 0.1) is 20.8 Å². The predicted molar refractivity (Wildman–Crippen MR) is 128 cm³/mol. The van der Waals surface area contributed by atoms with Crippen LogP contribution in [0.3, 0.4) is 0 Å². The molecule has 1 unspecified atom stereocenters. The summed E-state index contributed by atoms with van der Waals surface area (Å²) in [6.07, 6.45) is 0.671. The maximum absolute atomic E-state index is 13.3. The summed E-state index contributed by atoms with van der Waals surface area (Å²) in [6, 6.07) is 10.7. The fourth-order valence-corrected chi connectivity index (χ4v) is 4.43. The van der Waals surface area contributed by atoms with E-state index in [1.807, 2.05) is 65.0 Å². The van der Waals surface area contributed by atoms with Crippen molar-refractivity contribution in [3.8, 4) is 5.75 Å². The Morgan fingerprint density at radius 1 is 1.09 bits per heavy atom. The van der Waals surface area contributed by atoms with Crippen LogP contribution in [0.15, 0.2) is 42.0 Å². The number of amides is 1. The van der Waals surface area contributed by atoms with Crippen molar-refractivity contribution in [1.29, 1.82) is 0 Å². The number of methoxy groups -OCH3 is 1. The van der Waals surface area contributed by atoms with Crippen LogP contribution in [0.25, 0.3) is 5.76 Å². The number of carbonyl (C=O) groups is 2. The minimum Gasteiger partial charge on any atom is -0.507 e. The van der Waals surface area contributed by atoms with Gasteiger partial charge in [-0.05, 0) is 69.4 Å². The molecule has 1 atom stereocenters. The summed E-state index contributed by atoms with van der Waals surface area (Å²) in [4.78, 5) is 27.9. The molecule has 1 fully saturated rings. The fourth-order valence-electron chi connectivity index (χ4n) is 4.43. The standard InChI is InChI=1S/C27H33NO5/c1-16(2)33-13-9-12-28-23(20-11-8-7-10-18(20)4)22(25(30)27(28)31)24(29)21-15-17(3)14-19(5)26(21)32-6/h7-8,10-11,14-16,23,29H,9,12-13H2,1-6H3/b24-22+. The molecule has 0 radical (unpaired) electrons. The second kappa shape index (κ2) is 10.2. The van der Waals surface area contributed by atoms with E-state index in [-0.39, 0.29) is 17.4 Å². The topological polar surface area (TPSA) is 76.1 Å². The third kappa shape index (κ3) is 4.96. The molecule has 6 heteroatoms. The van der Waals surface area contributed by atoms with Crippen LogP contribution in [0.1, 0.15) is 54.1 Å². The van der Waals surface area contributed by atoms with Gasteiger partial charge in [-0.2, -0.15) is 0 Å². The van der Waals surface area contributed by atoms with Crippen molar-refractivity contribution in [2.24, 2.45) is 0 Å². The highest BCUT2D eigenvalue weighted by Crippen LogP contribution is 2.42. The van der Waals surface area contributed by atoms with E-state index >= 15 is 0 Å². The number of ether oxygens (including phenoxy) is 2. The summed E-state index contributed by atoms with van der Waals surface area (Å²) in [6.45, 7) is 10.5. The number of benzene rings is 2. The molecule has 0 aromatic heterocycles. The number of carbonyl (C=O) groups excluding carboxylic acids is 2. The molecule has 1 N–H and O–H groups in total. The van der Waals surface area contributed by atoms with E-state index < -0.39 is 17.7 Å². The minimum absolute atomic E-state index is 0.0855. The second-order valence-electron chi connectivity index (χ2n) is 8.78.